The zero-order chi connectivity index (χ0) is 14.6. The molecule has 0 saturated carbocycles. The van der Waals surface area contributed by atoms with Crippen LogP contribution in [0.5, 0.6) is 0 Å². The number of hydrogen-bond acceptors (Lipinski definition) is 3. The van der Waals surface area contributed by atoms with Gasteiger partial charge in [0.25, 0.3) is 0 Å². The van der Waals surface area contributed by atoms with E-state index in [1.54, 1.807) is 13.0 Å². The van der Waals surface area contributed by atoms with E-state index >= 15 is 0 Å². The normalized spacial score (nSPS) is 11.6. The molecule has 19 heavy (non-hydrogen) atoms. The van der Waals surface area contributed by atoms with Crippen molar-refractivity contribution in [1.29, 1.82) is 0 Å². The molecule has 0 heterocycles. The van der Waals surface area contributed by atoms with Crippen molar-refractivity contribution in [2.75, 3.05) is 20.6 Å². The number of rotatable bonds is 5. The van der Waals surface area contributed by atoms with E-state index in [0.717, 1.165) is 16.7 Å². The highest BCUT2D eigenvalue weighted by Crippen LogP contribution is 2.23. The fourth-order valence-corrected chi connectivity index (χ4v) is 3.25. The highest BCUT2D eigenvalue weighted by atomic mass is 32.2. The summed E-state index contributed by atoms with van der Waals surface area (Å²) in [7, 11) is -0.203. The van der Waals surface area contributed by atoms with E-state index in [1.165, 1.54) is 11.4 Å². The van der Waals surface area contributed by atoms with Gasteiger partial charge in [0.2, 0.25) is 10.0 Å². The van der Waals surface area contributed by atoms with E-state index in [1.807, 2.05) is 20.0 Å². The van der Waals surface area contributed by atoms with Gasteiger partial charge in [0.05, 0.1) is 11.4 Å². The lowest BCUT2D eigenvalue weighted by Crippen LogP contribution is -2.28. The van der Waals surface area contributed by atoms with Gasteiger partial charge < -0.3 is 5.32 Å². The van der Waals surface area contributed by atoms with Gasteiger partial charge in [-0.05, 0) is 43.7 Å². The quantitative estimate of drug-likeness (QED) is 0.827. The van der Waals surface area contributed by atoms with Gasteiger partial charge in [-0.1, -0.05) is 12.0 Å². The van der Waals surface area contributed by atoms with Crippen LogP contribution in [0.3, 0.4) is 0 Å². The summed E-state index contributed by atoms with van der Waals surface area (Å²) in [5.74, 6) is 2.35. The van der Waals surface area contributed by atoms with Crippen molar-refractivity contribution in [1.82, 2.24) is 9.62 Å². The Balaban J connectivity index is 3.35. The molecule has 5 heteroatoms. The number of hydrogen-bond donors (Lipinski definition) is 1. The monoisotopic (exact) mass is 280 g/mol. The Hall–Kier alpha value is -1.35. The molecule has 0 atom stereocenters. The lowest BCUT2D eigenvalue weighted by Gasteiger charge is -2.18. The first kappa shape index (κ1) is 15.7. The molecular weight excluding hydrogens is 260 g/mol. The number of sulfonamides is 1. The second-order valence-electron chi connectivity index (χ2n) is 4.54. The summed E-state index contributed by atoms with van der Waals surface area (Å²) < 4.78 is 26.0. The van der Waals surface area contributed by atoms with Gasteiger partial charge in [-0.2, -0.15) is 4.31 Å². The van der Waals surface area contributed by atoms with Crippen LogP contribution in [0.25, 0.3) is 0 Å². The minimum Gasteiger partial charge on any atom is -0.316 e. The van der Waals surface area contributed by atoms with Gasteiger partial charge in [0, 0.05) is 13.6 Å². The fourth-order valence-electron chi connectivity index (χ4n) is 1.91. The van der Waals surface area contributed by atoms with E-state index < -0.39 is 10.0 Å². The van der Waals surface area contributed by atoms with Crippen LogP contribution in [0.15, 0.2) is 17.0 Å². The third-order valence-electron chi connectivity index (χ3n) is 3.00. The fraction of sp³-hybridized carbons (Fsp3) is 0.429. The SMILES string of the molecule is C#CCN(C)S(=O)(=O)c1cc(CNC)c(C)cc1C. The molecule has 1 aromatic rings. The minimum atomic E-state index is -3.53. The maximum atomic E-state index is 12.4. The molecule has 0 aliphatic rings. The topological polar surface area (TPSA) is 49.4 Å². The van der Waals surface area contributed by atoms with E-state index in [9.17, 15) is 8.42 Å². The van der Waals surface area contributed by atoms with E-state index in [2.05, 4.69) is 11.2 Å². The standard InChI is InChI=1S/C14H20N2O2S/c1-6-7-16(5)19(17,18)14-9-13(10-15-4)11(2)8-12(14)3/h1,8-9,15H,7,10H2,2-5H3. The molecule has 0 aliphatic heterocycles. The average Bonchev–Trinajstić information content (AvgIpc) is 2.32. The molecule has 0 radical (unpaired) electrons. The average molecular weight is 280 g/mol. The van der Waals surface area contributed by atoms with Crippen LogP contribution in [-0.2, 0) is 16.6 Å². The summed E-state index contributed by atoms with van der Waals surface area (Å²) in [6.45, 7) is 4.47. The lowest BCUT2D eigenvalue weighted by atomic mass is 10.1. The first-order chi connectivity index (χ1) is 8.84. The van der Waals surface area contributed by atoms with Gasteiger partial charge in [-0.25, -0.2) is 8.42 Å². The Morgan fingerprint density at radius 3 is 2.47 bits per heavy atom. The largest absolute Gasteiger partial charge is 0.316 e. The van der Waals surface area contributed by atoms with Gasteiger partial charge >= 0.3 is 0 Å². The number of benzene rings is 1. The maximum absolute atomic E-state index is 12.4. The summed E-state index contributed by atoms with van der Waals surface area (Å²) in [6.07, 6.45) is 5.18. The van der Waals surface area contributed by atoms with Crippen LogP contribution in [0.4, 0.5) is 0 Å². The first-order valence-electron chi connectivity index (χ1n) is 5.99. The number of nitrogens with one attached hydrogen (secondary N) is 1. The second-order valence-corrected chi connectivity index (χ2v) is 6.55. The highest BCUT2D eigenvalue weighted by molar-refractivity contribution is 7.89. The van der Waals surface area contributed by atoms with Crippen molar-refractivity contribution < 1.29 is 8.42 Å². The van der Waals surface area contributed by atoms with Crippen LogP contribution >= 0.6 is 0 Å². The molecule has 4 nitrogen and oxygen atoms in total. The molecule has 0 spiro atoms. The molecule has 0 bridgehead atoms. The molecule has 0 aromatic heterocycles. The minimum absolute atomic E-state index is 0.0665. The smallest absolute Gasteiger partial charge is 0.243 e. The van der Waals surface area contributed by atoms with Gasteiger partial charge in [-0.15, -0.1) is 6.42 Å². The predicted molar refractivity (Wildman–Crippen MR) is 77.3 cm³/mol. The Kier molecular flexibility index (Phi) is 5.12. The van der Waals surface area contributed by atoms with Crippen LogP contribution in [0.2, 0.25) is 0 Å². The van der Waals surface area contributed by atoms with Crippen LogP contribution in [0, 0.1) is 26.2 Å². The molecule has 1 N–H and O–H groups in total. The lowest BCUT2D eigenvalue weighted by molar-refractivity contribution is 0.502. The third-order valence-corrected chi connectivity index (χ3v) is 4.95. The number of terminal acetylenes is 1. The molecular formula is C14H20N2O2S. The summed E-state index contributed by atoms with van der Waals surface area (Å²) in [5.41, 5.74) is 2.78. The van der Waals surface area contributed by atoms with Crippen molar-refractivity contribution in [2.45, 2.75) is 25.3 Å². The van der Waals surface area contributed by atoms with Gasteiger partial charge in [-0.3, -0.25) is 0 Å². The summed E-state index contributed by atoms with van der Waals surface area (Å²) in [5, 5.41) is 3.04. The first-order valence-corrected chi connectivity index (χ1v) is 7.43. The highest BCUT2D eigenvalue weighted by Gasteiger charge is 2.23. The van der Waals surface area contributed by atoms with Crippen LogP contribution < -0.4 is 5.32 Å². The Labute approximate surface area is 115 Å². The summed E-state index contributed by atoms with van der Waals surface area (Å²) in [6, 6.07) is 3.62. The molecule has 104 valence electrons. The molecule has 0 saturated heterocycles. The molecule has 0 fully saturated rings. The molecule has 0 unspecified atom stereocenters. The van der Waals surface area contributed by atoms with E-state index in [4.69, 9.17) is 6.42 Å². The zero-order valence-electron chi connectivity index (χ0n) is 11.8. The summed E-state index contributed by atoms with van der Waals surface area (Å²) >= 11 is 0. The van der Waals surface area contributed by atoms with Gasteiger partial charge in [0.1, 0.15) is 0 Å². The van der Waals surface area contributed by atoms with Crippen molar-refractivity contribution in [3.8, 4) is 12.3 Å². The maximum Gasteiger partial charge on any atom is 0.243 e. The number of aryl methyl sites for hydroxylation is 2. The molecule has 0 amide bonds. The number of nitrogens with zero attached hydrogens (tertiary/aromatic N) is 1. The van der Waals surface area contributed by atoms with Crippen molar-refractivity contribution in [3.63, 3.8) is 0 Å². The molecule has 1 rings (SSSR count). The second kappa shape index (κ2) is 6.20. The Bertz CT molecular complexity index is 601. The summed E-state index contributed by atoms with van der Waals surface area (Å²) in [4.78, 5) is 0.320. The third kappa shape index (κ3) is 3.35. The zero-order valence-corrected chi connectivity index (χ0v) is 12.6. The van der Waals surface area contributed by atoms with Crippen LogP contribution in [0.1, 0.15) is 16.7 Å². The van der Waals surface area contributed by atoms with Crippen LogP contribution in [-0.4, -0.2) is 33.4 Å². The van der Waals surface area contributed by atoms with E-state index in [-0.39, 0.29) is 6.54 Å². The van der Waals surface area contributed by atoms with Crippen molar-refractivity contribution in [2.24, 2.45) is 0 Å². The predicted octanol–water partition coefficient (Wildman–Crippen LogP) is 1.28. The van der Waals surface area contributed by atoms with E-state index in [0.29, 0.717) is 11.4 Å². The Morgan fingerprint density at radius 2 is 1.95 bits per heavy atom. The van der Waals surface area contributed by atoms with Crippen molar-refractivity contribution >= 4 is 10.0 Å². The molecule has 1 aromatic carbocycles. The van der Waals surface area contributed by atoms with Gasteiger partial charge in [0.15, 0.2) is 0 Å². The molecule has 0 aliphatic carbocycles. The van der Waals surface area contributed by atoms with Crippen molar-refractivity contribution in [3.05, 3.63) is 28.8 Å². The Morgan fingerprint density at radius 1 is 1.32 bits per heavy atom.